The van der Waals surface area contributed by atoms with Gasteiger partial charge in [-0.15, -0.1) is 0 Å². The Morgan fingerprint density at radius 1 is 0.418 bits per heavy atom. The normalized spacial score (nSPS) is 11.4. The fourth-order valence-electron chi connectivity index (χ4n) is 7.25. The number of unbranched alkanes of at least 4 members (excludes halogenated alkanes) is 28. The van der Waals surface area contributed by atoms with Crippen LogP contribution in [-0.2, 0) is 9.59 Å². The van der Waals surface area contributed by atoms with Crippen molar-refractivity contribution in [1.29, 1.82) is 0 Å². The third-order valence-corrected chi connectivity index (χ3v) is 10.7. The molecule has 0 aliphatic carbocycles. The highest BCUT2D eigenvalue weighted by molar-refractivity contribution is 5.75. The van der Waals surface area contributed by atoms with Gasteiger partial charge in [0.1, 0.15) is 17.2 Å². The van der Waals surface area contributed by atoms with E-state index in [9.17, 15) is 14.7 Å². The van der Waals surface area contributed by atoms with Crippen molar-refractivity contribution in [2.75, 3.05) is 0 Å². The highest BCUT2D eigenvalue weighted by Crippen LogP contribution is 2.25. The van der Waals surface area contributed by atoms with Gasteiger partial charge in [-0.3, -0.25) is 9.59 Å². The average Bonchev–Trinajstić information content (AvgIpc) is 3.17. The zero-order valence-electron chi connectivity index (χ0n) is 35.4. The predicted octanol–water partition coefficient (Wildman–Crippen LogP) is 15.9. The van der Waals surface area contributed by atoms with Crippen LogP contribution in [0, 0.1) is 0 Å². The number of phenols is 1. The number of phenolic OH excluding ortho intramolecular Hbond substituents is 1. The van der Waals surface area contributed by atoms with E-state index < -0.39 is 0 Å². The van der Waals surface area contributed by atoms with Gasteiger partial charge in [0.15, 0.2) is 0 Å². The lowest BCUT2D eigenvalue weighted by molar-refractivity contribution is -0.135. The van der Waals surface area contributed by atoms with Crippen LogP contribution in [0.15, 0.2) is 42.5 Å². The molecular weight excluding hydrogens is 681 g/mol. The van der Waals surface area contributed by atoms with Gasteiger partial charge >= 0.3 is 11.9 Å². The highest BCUT2D eigenvalue weighted by Gasteiger charge is 2.08. The molecule has 0 amide bonds. The zero-order chi connectivity index (χ0) is 39.4. The zero-order valence-corrected chi connectivity index (χ0v) is 35.4. The van der Waals surface area contributed by atoms with Gasteiger partial charge in [0.2, 0.25) is 0 Å². The molecule has 0 heterocycles. The molecule has 2 aromatic rings. The molecule has 0 aromatic heterocycles. The van der Waals surface area contributed by atoms with E-state index in [-0.39, 0.29) is 17.7 Å². The molecular formula is C50H80O5. The van der Waals surface area contributed by atoms with Crippen molar-refractivity contribution < 1.29 is 24.2 Å². The molecule has 0 spiro atoms. The minimum Gasteiger partial charge on any atom is -0.508 e. The van der Waals surface area contributed by atoms with Crippen molar-refractivity contribution in [1.82, 2.24) is 0 Å². The Hall–Kier alpha value is -3.08. The van der Waals surface area contributed by atoms with Gasteiger partial charge in [0, 0.05) is 18.9 Å². The third-order valence-electron chi connectivity index (χ3n) is 10.7. The summed E-state index contributed by atoms with van der Waals surface area (Å²) >= 11 is 0. The summed E-state index contributed by atoms with van der Waals surface area (Å²) in [4.78, 5) is 24.8. The third kappa shape index (κ3) is 28.0. The number of hydrogen-bond acceptors (Lipinski definition) is 5. The maximum absolute atomic E-state index is 12.5. The van der Waals surface area contributed by atoms with E-state index in [1.165, 1.54) is 167 Å². The summed E-state index contributed by atoms with van der Waals surface area (Å²) < 4.78 is 11.1. The van der Waals surface area contributed by atoms with E-state index in [2.05, 4.69) is 13.8 Å². The van der Waals surface area contributed by atoms with Crippen molar-refractivity contribution in [3.8, 4) is 17.2 Å². The van der Waals surface area contributed by atoms with Crippen molar-refractivity contribution >= 4 is 24.1 Å². The molecule has 1 N–H and O–H groups in total. The van der Waals surface area contributed by atoms with Crippen LogP contribution >= 0.6 is 0 Å². The summed E-state index contributed by atoms with van der Waals surface area (Å²) in [5, 5.41) is 10.3. The van der Waals surface area contributed by atoms with Crippen molar-refractivity contribution in [3.05, 3.63) is 53.6 Å². The summed E-state index contributed by atoms with van der Waals surface area (Å²) in [7, 11) is 0. The molecule has 5 nitrogen and oxygen atoms in total. The number of carbonyl (C=O) groups excluding carboxylic acids is 2. The van der Waals surface area contributed by atoms with Crippen LogP contribution in [0.2, 0.25) is 0 Å². The van der Waals surface area contributed by atoms with Gasteiger partial charge in [-0.1, -0.05) is 218 Å². The van der Waals surface area contributed by atoms with Gasteiger partial charge in [0.25, 0.3) is 0 Å². The minimum absolute atomic E-state index is 0.0493. The highest BCUT2D eigenvalue weighted by atomic mass is 16.5. The van der Waals surface area contributed by atoms with Crippen LogP contribution in [0.3, 0.4) is 0 Å². The minimum atomic E-state index is -0.264. The molecule has 55 heavy (non-hydrogen) atoms. The summed E-state index contributed by atoms with van der Waals surface area (Å²) in [5.74, 6) is 0.498. The fraction of sp³-hybridized carbons (Fsp3) is 0.680. The smallest absolute Gasteiger partial charge is 0.311 e. The first kappa shape index (κ1) is 48.1. The molecule has 0 aliphatic rings. The van der Waals surface area contributed by atoms with E-state index in [1.54, 1.807) is 24.3 Å². The number of hydrogen-bond donors (Lipinski definition) is 1. The number of rotatable bonds is 36. The van der Waals surface area contributed by atoms with Crippen LogP contribution < -0.4 is 9.47 Å². The van der Waals surface area contributed by atoms with Gasteiger partial charge in [0.05, 0.1) is 0 Å². The van der Waals surface area contributed by atoms with Crippen LogP contribution in [0.1, 0.15) is 230 Å². The molecule has 310 valence electrons. The lowest BCUT2D eigenvalue weighted by atomic mass is 10.0. The summed E-state index contributed by atoms with van der Waals surface area (Å²) in [5.41, 5.74) is 1.66. The summed E-state index contributed by atoms with van der Waals surface area (Å²) in [6.07, 6.45) is 43.5. The number of esters is 2. The molecule has 0 radical (unpaired) electrons. The Labute approximate surface area is 337 Å². The second-order valence-electron chi connectivity index (χ2n) is 16.0. The van der Waals surface area contributed by atoms with E-state index in [0.717, 1.165) is 43.2 Å². The lowest BCUT2D eigenvalue weighted by Crippen LogP contribution is -2.07. The van der Waals surface area contributed by atoms with Crippen LogP contribution in [0.25, 0.3) is 12.2 Å². The van der Waals surface area contributed by atoms with Gasteiger partial charge in [-0.25, -0.2) is 0 Å². The van der Waals surface area contributed by atoms with Gasteiger partial charge < -0.3 is 14.6 Å². The first-order valence-electron chi connectivity index (χ1n) is 23.0. The second kappa shape index (κ2) is 34.2. The Morgan fingerprint density at radius 2 is 0.745 bits per heavy atom. The van der Waals surface area contributed by atoms with E-state index in [4.69, 9.17) is 9.47 Å². The van der Waals surface area contributed by atoms with Crippen LogP contribution in [0.5, 0.6) is 17.2 Å². The van der Waals surface area contributed by atoms with Crippen molar-refractivity contribution in [2.45, 2.75) is 219 Å². The lowest BCUT2D eigenvalue weighted by Gasteiger charge is -2.07. The molecule has 2 aromatic carbocycles. The topological polar surface area (TPSA) is 72.8 Å². The van der Waals surface area contributed by atoms with Gasteiger partial charge in [-0.05, 0) is 48.2 Å². The largest absolute Gasteiger partial charge is 0.508 e. The molecule has 0 saturated heterocycles. The molecule has 0 atom stereocenters. The fourth-order valence-corrected chi connectivity index (χ4v) is 7.25. The summed E-state index contributed by atoms with van der Waals surface area (Å²) in [6, 6.07) is 12.3. The average molecular weight is 761 g/mol. The Kier molecular flexibility index (Phi) is 29.9. The number of ether oxygens (including phenoxy) is 2. The molecule has 0 bridgehead atoms. The van der Waals surface area contributed by atoms with Crippen LogP contribution in [0.4, 0.5) is 0 Å². The van der Waals surface area contributed by atoms with E-state index in [1.807, 2.05) is 24.3 Å². The standard InChI is InChI=1S/C50H80O5/c1-3-5-7-9-11-13-15-17-19-21-23-25-27-29-31-33-49(52)54-47-39-37-44(38-40-47)35-36-45-41-46(51)43-48(42-45)55-50(53)34-32-30-28-26-24-22-20-18-16-14-12-10-8-6-4-2/h35-43,51H,3-34H2,1-2H3. The molecule has 5 heteroatoms. The summed E-state index contributed by atoms with van der Waals surface area (Å²) in [6.45, 7) is 4.55. The first-order chi connectivity index (χ1) is 27.0. The van der Waals surface area contributed by atoms with Crippen LogP contribution in [-0.4, -0.2) is 17.0 Å². The second-order valence-corrected chi connectivity index (χ2v) is 16.0. The van der Waals surface area contributed by atoms with Crippen molar-refractivity contribution in [2.24, 2.45) is 0 Å². The maximum Gasteiger partial charge on any atom is 0.311 e. The monoisotopic (exact) mass is 761 g/mol. The number of carbonyl (C=O) groups is 2. The molecule has 0 aliphatic heterocycles. The van der Waals surface area contributed by atoms with E-state index in [0.29, 0.717) is 24.3 Å². The Balaban J connectivity index is 1.52. The predicted molar refractivity (Wildman–Crippen MR) is 234 cm³/mol. The Bertz CT molecular complexity index is 1250. The number of aromatic hydroxyl groups is 1. The first-order valence-corrected chi connectivity index (χ1v) is 23.0. The maximum atomic E-state index is 12.5. The van der Waals surface area contributed by atoms with E-state index >= 15 is 0 Å². The molecule has 2 rings (SSSR count). The SMILES string of the molecule is CCCCCCCCCCCCCCCCCC(=O)Oc1ccc(C=Cc2cc(O)cc(OC(=O)CCCCCCCCCCCCCCCCC)c2)cc1. The van der Waals surface area contributed by atoms with Gasteiger partial charge in [-0.2, -0.15) is 0 Å². The quantitative estimate of drug-likeness (QED) is 0.0324. The Morgan fingerprint density at radius 3 is 1.13 bits per heavy atom. The molecule has 0 unspecified atom stereocenters. The molecule has 0 saturated carbocycles. The molecule has 0 fully saturated rings. The number of benzene rings is 2. The van der Waals surface area contributed by atoms with Crippen molar-refractivity contribution in [3.63, 3.8) is 0 Å².